The first-order valence-corrected chi connectivity index (χ1v) is 15.3. The third-order valence-corrected chi connectivity index (χ3v) is 9.79. The zero-order chi connectivity index (χ0) is 23.9. The van der Waals surface area contributed by atoms with E-state index in [1.54, 1.807) is 11.8 Å². The molecule has 2 aliphatic rings. The fourth-order valence-corrected chi connectivity index (χ4v) is 7.76. The van der Waals surface area contributed by atoms with E-state index in [4.69, 9.17) is 17.0 Å². The van der Waals surface area contributed by atoms with Gasteiger partial charge < -0.3 is 4.74 Å². The summed E-state index contributed by atoms with van der Waals surface area (Å²) >= 11 is 8.65. The number of nitrogens with zero attached hydrogens (tertiary/aromatic N) is 1. The number of thioether (sulfide) groups is 2. The number of nitriles is 1. The van der Waals surface area contributed by atoms with Crippen LogP contribution in [0.15, 0.2) is 12.2 Å². The van der Waals surface area contributed by atoms with Gasteiger partial charge in [-0.05, 0) is 56.1 Å². The molecule has 0 amide bonds. The van der Waals surface area contributed by atoms with Crippen LogP contribution in [0.25, 0.3) is 0 Å². The van der Waals surface area contributed by atoms with Gasteiger partial charge in [-0.25, -0.2) is 0 Å². The molecule has 0 aromatic carbocycles. The Labute approximate surface area is 216 Å². The normalized spacial score (nSPS) is 22.8. The fourth-order valence-electron chi connectivity index (χ4n) is 4.79. The van der Waals surface area contributed by atoms with Crippen LogP contribution in [0.2, 0.25) is 0 Å². The largest absolute Gasteiger partial charge is 0.465 e. The van der Waals surface area contributed by atoms with Crippen LogP contribution in [-0.4, -0.2) is 26.6 Å². The molecule has 0 aromatic heterocycles. The molecule has 0 N–H and O–H groups in total. The summed E-state index contributed by atoms with van der Waals surface area (Å²) in [6.45, 7) is 4.67. The average Bonchev–Trinajstić information content (AvgIpc) is 3.43. The van der Waals surface area contributed by atoms with Crippen molar-refractivity contribution < 1.29 is 9.53 Å². The Morgan fingerprint density at radius 1 is 1.09 bits per heavy atom. The summed E-state index contributed by atoms with van der Waals surface area (Å²) in [7, 11) is 0. The van der Waals surface area contributed by atoms with Gasteiger partial charge in [-0.15, -0.1) is 11.8 Å². The molecule has 1 fully saturated rings. The molecule has 0 heterocycles. The van der Waals surface area contributed by atoms with Crippen molar-refractivity contribution in [2.45, 2.75) is 108 Å². The highest BCUT2D eigenvalue weighted by molar-refractivity contribution is 8.47. The van der Waals surface area contributed by atoms with Crippen molar-refractivity contribution in [1.82, 2.24) is 0 Å². The molecule has 1 saturated carbocycles. The van der Waals surface area contributed by atoms with E-state index in [0.29, 0.717) is 30.8 Å². The predicted octanol–water partition coefficient (Wildman–Crippen LogP) is 8.48. The molecule has 33 heavy (non-hydrogen) atoms. The number of hydrogen-bond donors (Lipinski definition) is 0. The van der Waals surface area contributed by atoms with Crippen molar-refractivity contribution >= 4 is 45.2 Å². The van der Waals surface area contributed by atoms with Crippen LogP contribution in [-0.2, 0) is 9.53 Å². The Morgan fingerprint density at radius 2 is 1.76 bits per heavy atom. The number of esters is 1. The van der Waals surface area contributed by atoms with Crippen molar-refractivity contribution in [1.29, 1.82) is 5.26 Å². The number of ether oxygens (including phenoxy) is 1. The lowest BCUT2D eigenvalue weighted by Crippen LogP contribution is -2.23. The summed E-state index contributed by atoms with van der Waals surface area (Å²) < 4.78 is 5.68. The minimum atomic E-state index is -0.671. The Bertz CT molecular complexity index is 675. The first-order valence-electron chi connectivity index (χ1n) is 13.1. The minimum absolute atomic E-state index is 0.187. The molecule has 0 radical (unpaired) electrons. The summed E-state index contributed by atoms with van der Waals surface area (Å²) in [6.07, 6.45) is 21.0. The summed E-state index contributed by atoms with van der Waals surface area (Å²) in [6, 6.07) is 2.37. The van der Waals surface area contributed by atoms with Crippen molar-refractivity contribution in [3.8, 4) is 6.07 Å². The molecule has 2 aliphatic carbocycles. The number of carbonyl (C=O) groups excluding carboxylic acids is 1. The Kier molecular flexibility index (Phi) is 14.1. The van der Waals surface area contributed by atoms with Crippen molar-refractivity contribution in [3.05, 3.63) is 12.2 Å². The van der Waals surface area contributed by atoms with Crippen LogP contribution >= 0.6 is 35.7 Å². The van der Waals surface area contributed by atoms with Gasteiger partial charge in [-0.1, -0.05) is 101 Å². The first-order chi connectivity index (χ1) is 16.0. The van der Waals surface area contributed by atoms with Gasteiger partial charge in [0, 0.05) is 6.42 Å². The quantitative estimate of drug-likeness (QED) is 0.0848. The van der Waals surface area contributed by atoms with E-state index in [2.05, 4.69) is 25.1 Å². The monoisotopic (exact) mass is 509 g/mol. The number of thiocarbonyl (C=S) groups is 1. The van der Waals surface area contributed by atoms with Crippen LogP contribution < -0.4 is 0 Å². The van der Waals surface area contributed by atoms with E-state index in [1.165, 1.54) is 82.4 Å². The topological polar surface area (TPSA) is 50.1 Å². The molecule has 4 atom stereocenters. The van der Waals surface area contributed by atoms with Crippen molar-refractivity contribution in [2.75, 3.05) is 12.4 Å². The molecule has 0 saturated heterocycles. The highest BCUT2D eigenvalue weighted by Crippen LogP contribution is 2.43. The van der Waals surface area contributed by atoms with E-state index < -0.39 is 4.75 Å². The second-order valence-electron chi connectivity index (χ2n) is 9.95. The van der Waals surface area contributed by atoms with Gasteiger partial charge in [0.05, 0.1) is 12.7 Å². The molecular formula is C27H43NO2S3. The zero-order valence-electron chi connectivity index (χ0n) is 20.7. The summed E-state index contributed by atoms with van der Waals surface area (Å²) in [4.78, 5) is 12.2. The molecule has 1 unspecified atom stereocenters. The number of hydrogen-bond acceptors (Lipinski definition) is 6. The van der Waals surface area contributed by atoms with E-state index in [1.807, 2.05) is 6.92 Å². The van der Waals surface area contributed by atoms with Gasteiger partial charge in [0.2, 0.25) is 0 Å². The molecule has 6 heteroatoms. The molecule has 0 spiro atoms. The summed E-state index contributed by atoms with van der Waals surface area (Å²) in [5, 5.41) is 9.68. The Balaban J connectivity index is 1.49. The number of unbranched alkanes of at least 4 members (excludes halogenated alkanes) is 9. The number of carbonyl (C=O) groups is 1. The predicted molar refractivity (Wildman–Crippen MR) is 148 cm³/mol. The first kappa shape index (κ1) is 28.7. The molecule has 3 nitrogen and oxygen atoms in total. The van der Waals surface area contributed by atoms with Gasteiger partial charge in [0.15, 0.2) is 0 Å². The van der Waals surface area contributed by atoms with Gasteiger partial charge in [-0.3, -0.25) is 4.79 Å². The standard InChI is InChI=1S/C27H43NO2S3/c1-3-4-5-6-7-8-9-10-11-12-17-32-26(31)33-27(2,21-28)16-15-25(29)30-20-24-19-22-13-14-23(24)18-22/h13-14,22-24H,3-12,15-20H2,1-2H3/t22-,23+,24-,27?/m0/s1. The summed E-state index contributed by atoms with van der Waals surface area (Å²) in [5.41, 5.74) is 0. The number of allylic oxidation sites excluding steroid dienone is 2. The average molecular weight is 510 g/mol. The molecule has 186 valence electrons. The van der Waals surface area contributed by atoms with E-state index >= 15 is 0 Å². The highest BCUT2D eigenvalue weighted by Gasteiger charge is 2.36. The number of fused-ring (bicyclic) bond motifs is 2. The fraction of sp³-hybridized carbons (Fsp3) is 0.815. The lowest BCUT2D eigenvalue weighted by atomic mass is 9.95. The second-order valence-corrected chi connectivity index (χ2v) is 13.8. The SMILES string of the molecule is CCCCCCCCCCCCSC(=S)SC(C)(C#N)CCC(=O)OC[C@@H]1C[C@H]2C=C[C@@H]1C2. The Morgan fingerprint density at radius 3 is 2.33 bits per heavy atom. The van der Waals surface area contributed by atoms with E-state index in [9.17, 15) is 10.1 Å². The Hall–Kier alpha value is -0.510. The van der Waals surface area contributed by atoms with Crippen molar-refractivity contribution in [2.24, 2.45) is 17.8 Å². The van der Waals surface area contributed by atoms with Crippen LogP contribution in [0.3, 0.4) is 0 Å². The lowest BCUT2D eigenvalue weighted by Gasteiger charge is -2.21. The molecule has 0 aromatic rings. The maximum Gasteiger partial charge on any atom is 0.305 e. The van der Waals surface area contributed by atoms with E-state index in [0.717, 1.165) is 15.7 Å². The zero-order valence-corrected chi connectivity index (χ0v) is 23.1. The second kappa shape index (κ2) is 16.2. The van der Waals surface area contributed by atoms with Crippen LogP contribution in [0.5, 0.6) is 0 Å². The van der Waals surface area contributed by atoms with Crippen LogP contribution in [0.4, 0.5) is 0 Å². The summed E-state index contributed by atoms with van der Waals surface area (Å²) in [5.74, 6) is 2.59. The minimum Gasteiger partial charge on any atom is -0.465 e. The van der Waals surface area contributed by atoms with Gasteiger partial charge in [0.1, 0.15) is 8.28 Å². The van der Waals surface area contributed by atoms with Gasteiger partial charge in [-0.2, -0.15) is 5.26 Å². The van der Waals surface area contributed by atoms with Crippen molar-refractivity contribution in [3.63, 3.8) is 0 Å². The third kappa shape index (κ3) is 11.6. The number of rotatable bonds is 17. The third-order valence-electron chi connectivity index (χ3n) is 6.94. The molecule has 2 rings (SSSR count). The smallest absolute Gasteiger partial charge is 0.305 e. The maximum atomic E-state index is 12.2. The molecular weight excluding hydrogens is 467 g/mol. The van der Waals surface area contributed by atoms with E-state index in [-0.39, 0.29) is 12.4 Å². The molecule has 0 aliphatic heterocycles. The molecule has 2 bridgehead atoms. The van der Waals surface area contributed by atoms with Crippen LogP contribution in [0, 0.1) is 29.1 Å². The maximum absolute atomic E-state index is 12.2. The van der Waals surface area contributed by atoms with Gasteiger partial charge in [0.25, 0.3) is 0 Å². The van der Waals surface area contributed by atoms with Crippen LogP contribution in [0.1, 0.15) is 104 Å². The lowest BCUT2D eigenvalue weighted by molar-refractivity contribution is -0.145. The van der Waals surface area contributed by atoms with Gasteiger partial charge >= 0.3 is 5.97 Å². The highest BCUT2D eigenvalue weighted by atomic mass is 32.2.